The molecule has 5 N–H and O–H groups in total. The molecule has 0 aliphatic heterocycles. The zero-order valence-corrected chi connectivity index (χ0v) is 17.6. The van der Waals surface area contributed by atoms with Gasteiger partial charge in [-0.25, -0.2) is 18.5 Å². The molecular formula is C19H16N4O3S3. The van der Waals surface area contributed by atoms with Crippen LogP contribution in [-0.2, 0) is 10.0 Å². The minimum Gasteiger partial charge on any atom is -0.382 e. The first-order valence-electron chi connectivity index (χ1n) is 8.43. The number of thiophene rings is 1. The van der Waals surface area contributed by atoms with Crippen LogP contribution in [0.15, 0.2) is 53.4 Å². The Kier molecular flexibility index (Phi) is 4.87. The Bertz CT molecular complexity index is 1340. The molecule has 10 heteroatoms. The lowest BCUT2D eigenvalue weighted by molar-refractivity contribution is 0.104. The largest absolute Gasteiger partial charge is 0.382 e. The van der Waals surface area contributed by atoms with E-state index in [1.165, 1.54) is 23.5 Å². The standard InChI is InChI=1S/C19H16N4O3S3/c1-10-13-4-2-3-5-14(13)27-16(10)15(24)17-18(20)23-19(28-17)22-11-6-8-12(9-7-11)29(21,25)26/h2-9H,20H2,1H3,(H,22,23)(H2,21,25,26). The fourth-order valence-electron chi connectivity index (χ4n) is 2.89. The number of nitrogens with zero attached hydrogens (tertiary/aromatic N) is 1. The average Bonchev–Trinajstić information content (AvgIpc) is 3.21. The molecule has 4 rings (SSSR count). The van der Waals surface area contributed by atoms with Gasteiger partial charge in [0, 0.05) is 10.4 Å². The highest BCUT2D eigenvalue weighted by atomic mass is 32.2. The van der Waals surface area contributed by atoms with E-state index in [-0.39, 0.29) is 16.5 Å². The van der Waals surface area contributed by atoms with Crippen molar-refractivity contribution in [2.75, 3.05) is 11.1 Å². The highest BCUT2D eigenvalue weighted by Gasteiger charge is 2.22. The number of anilines is 3. The van der Waals surface area contributed by atoms with Crippen LogP contribution < -0.4 is 16.2 Å². The topological polar surface area (TPSA) is 128 Å². The fraction of sp³-hybridized carbons (Fsp3) is 0.0526. The van der Waals surface area contributed by atoms with Crippen molar-refractivity contribution < 1.29 is 13.2 Å². The van der Waals surface area contributed by atoms with Gasteiger partial charge in [0.05, 0.1) is 9.77 Å². The summed E-state index contributed by atoms with van der Waals surface area (Å²) in [6.45, 7) is 1.93. The normalized spacial score (nSPS) is 11.7. The number of hydrogen-bond donors (Lipinski definition) is 3. The number of carbonyl (C=O) groups excluding carboxylic acids is 1. The number of ketones is 1. The third kappa shape index (κ3) is 3.75. The van der Waals surface area contributed by atoms with Gasteiger partial charge in [-0.3, -0.25) is 4.79 Å². The minimum atomic E-state index is -3.76. The number of thiazole rings is 1. The molecule has 0 saturated carbocycles. The Morgan fingerprint density at radius 2 is 1.72 bits per heavy atom. The van der Waals surface area contributed by atoms with Crippen LogP contribution in [0.25, 0.3) is 10.1 Å². The van der Waals surface area contributed by atoms with Gasteiger partial charge in [-0.1, -0.05) is 29.5 Å². The van der Waals surface area contributed by atoms with E-state index in [1.807, 2.05) is 31.2 Å². The summed E-state index contributed by atoms with van der Waals surface area (Å²) in [5.41, 5.74) is 7.53. The summed E-state index contributed by atoms with van der Waals surface area (Å²) in [5.74, 6) is -0.00293. The van der Waals surface area contributed by atoms with E-state index in [2.05, 4.69) is 10.3 Å². The minimum absolute atomic E-state index is 0.0119. The first-order valence-corrected chi connectivity index (χ1v) is 11.6. The van der Waals surface area contributed by atoms with Crippen molar-refractivity contribution in [3.63, 3.8) is 0 Å². The number of nitrogen functional groups attached to an aromatic ring is 1. The third-order valence-electron chi connectivity index (χ3n) is 4.34. The second-order valence-electron chi connectivity index (χ2n) is 6.31. The number of aryl methyl sites for hydroxylation is 1. The number of nitrogens with one attached hydrogen (secondary N) is 1. The van der Waals surface area contributed by atoms with E-state index < -0.39 is 10.0 Å². The van der Waals surface area contributed by atoms with Crippen LogP contribution in [-0.4, -0.2) is 19.2 Å². The smallest absolute Gasteiger partial charge is 0.238 e. The number of rotatable bonds is 5. The first kappa shape index (κ1) is 19.5. The van der Waals surface area contributed by atoms with Crippen molar-refractivity contribution in [1.82, 2.24) is 4.98 Å². The molecular weight excluding hydrogens is 428 g/mol. The Hall–Kier alpha value is -2.79. The van der Waals surface area contributed by atoms with Crippen LogP contribution in [0.2, 0.25) is 0 Å². The van der Waals surface area contributed by atoms with E-state index in [0.717, 1.165) is 27.0 Å². The summed E-state index contributed by atoms with van der Waals surface area (Å²) in [6, 6.07) is 13.8. The molecule has 0 atom stereocenters. The molecule has 2 aromatic carbocycles. The van der Waals surface area contributed by atoms with Crippen molar-refractivity contribution in [2.45, 2.75) is 11.8 Å². The molecule has 0 saturated heterocycles. The summed E-state index contributed by atoms with van der Waals surface area (Å²) in [7, 11) is -3.76. The van der Waals surface area contributed by atoms with Crippen molar-refractivity contribution in [3.05, 3.63) is 63.8 Å². The van der Waals surface area contributed by atoms with Crippen molar-refractivity contribution in [3.8, 4) is 0 Å². The number of aromatic nitrogens is 1. The molecule has 0 spiro atoms. The van der Waals surface area contributed by atoms with E-state index in [0.29, 0.717) is 20.6 Å². The van der Waals surface area contributed by atoms with Crippen LogP contribution >= 0.6 is 22.7 Å². The number of hydrogen-bond acceptors (Lipinski definition) is 8. The zero-order chi connectivity index (χ0) is 20.8. The predicted molar refractivity (Wildman–Crippen MR) is 118 cm³/mol. The Morgan fingerprint density at radius 1 is 1.03 bits per heavy atom. The van der Waals surface area contributed by atoms with Crippen molar-refractivity contribution in [1.29, 1.82) is 0 Å². The maximum atomic E-state index is 13.1. The van der Waals surface area contributed by atoms with Gasteiger partial charge < -0.3 is 11.1 Å². The summed E-state index contributed by atoms with van der Waals surface area (Å²) >= 11 is 2.59. The number of sulfonamides is 1. The summed E-state index contributed by atoms with van der Waals surface area (Å²) in [6.07, 6.45) is 0. The number of nitrogens with two attached hydrogens (primary N) is 2. The lowest BCUT2D eigenvalue weighted by atomic mass is 10.1. The average molecular weight is 445 g/mol. The molecule has 2 aromatic heterocycles. The highest BCUT2D eigenvalue weighted by Crippen LogP contribution is 2.36. The molecule has 29 heavy (non-hydrogen) atoms. The van der Waals surface area contributed by atoms with Crippen molar-refractivity contribution in [2.24, 2.45) is 5.14 Å². The van der Waals surface area contributed by atoms with E-state index >= 15 is 0 Å². The molecule has 0 aliphatic carbocycles. The summed E-state index contributed by atoms with van der Waals surface area (Å²) < 4.78 is 23.7. The van der Waals surface area contributed by atoms with Crippen LogP contribution in [0.1, 0.15) is 20.1 Å². The summed E-state index contributed by atoms with van der Waals surface area (Å²) in [5, 5.41) is 9.62. The van der Waals surface area contributed by atoms with Gasteiger partial charge in [-0.15, -0.1) is 11.3 Å². The predicted octanol–water partition coefficient (Wildman–Crippen LogP) is 3.87. The number of carbonyl (C=O) groups is 1. The van der Waals surface area contributed by atoms with Crippen LogP contribution in [0.5, 0.6) is 0 Å². The van der Waals surface area contributed by atoms with Crippen LogP contribution in [0, 0.1) is 6.92 Å². The molecule has 0 amide bonds. The molecule has 0 fully saturated rings. The molecule has 0 bridgehead atoms. The Balaban J connectivity index is 1.62. The highest BCUT2D eigenvalue weighted by molar-refractivity contribution is 7.89. The Labute approximate surface area is 175 Å². The summed E-state index contributed by atoms with van der Waals surface area (Å²) in [4.78, 5) is 18.3. The van der Waals surface area contributed by atoms with Gasteiger partial charge in [-0.2, -0.15) is 0 Å². The van der Waals surface area contributed by atoms with Crippen LogP contribution in [0.4, 0.5) is 16.6 Å². The van der Waals surface area contributed by atoms with Gasteiger partial charge in [-0.05, 0) is 48.2 Å². The zero-order valence-electron chi connectivity index (χ0n) is 15.2. The maximum Gasteiger partial charge on any atom is 0.238 e. The van der Waals surface area contributed by atoms with Crippen LogP contribution in [0.3, 0.4) is 0 Å². The number of primary sulfonamides is 1. The molecule has 0 unspecified atom stereocenters. The first-order chi connectivity index (χ1) is 13.7. The van der Waals surface area contributed by atoms with E-state index in [1.54, 1.807) is 12.1 Å². The molecule has 148 valence electrons. The molecule has 0 radical (unpaired) electrons. The second-order valence-corrected chi connectivity index (χ2v) is 9.92. The van der Waals surface area contributed by atoms with Crippen molar-refractivity contribution >= 4 is 65.2 Å². The number of fused-ring (bicyclic) bond motifs is 1. The molecule has 4 aromatic rings. The van der Waals surface area contributed by atoms with Gasteiger partial charge in [0.1, 0.15) is 10.7 Å². The van der Waals surface area contributed by atoms with Gasteiger partial charge in [0.2, 0.25) is 15.8 Å². The maximum absolute atomic E-state index is 13.1. The Morgan fingerprint density at radius 3 is 2.38 bits per heavy atom. The monoisotopic (exact) mass is 444 g/mol. The molecule has 2 heterocycles. The van der Waals surface area contributed by atoms with E-state index in [4.69, 9.17) is 10.9 Å². The van der Waals surface area contributed by atoms with Gasteiger partial charge >= 0.3 is 0 Å². The van der Waals surface area contributed by atoms with Gasteiger partial charge in [0.15, 0.2) is 5.13 Å². The lowest BCUT2D eigenvalue weighted by Gasteiger charge is -2.03. The number of benzene rings is 2. The van der Waals surface area contributed by atoms with E-state index in [9.17, 15) is 13.2 Å². The molecule has 7 nitrogen and oxygen atoms in total. The quantitative estimate of drug-likeness (QED) is 0.401. The molecule has 0 aliphatic rings. The van der Waals surface area contributed by atoms with Gasteiger partial charge in [0.25, 0.3) is 0 Å². The third-order valence-corrected chi connectivity index (χ3v) is 7.53. The fourth-order valence-corrected chi connectivity index (χ4v) is 5.48. The lowest BCUT2D eigenvalue weighted by Crippen LogP contribution is -2.11. The second kappa shape index (κ2) is 7.23. The SMILES string of the molecule is Cc1c(C(=O)c2sc(Nc3ccc(S(N)(=O)=O)cc3)nc2N)sc2ccccc12.